The zero-order valence-electron chi connectivity index (χ0n) is 6.32. The van der Waals surface area contributed by atoms with Crippen LogP contribution in [0.5, 0.6) is 0 Å². The Bertz CT molecular complexity index is 312. The minimum atomic E-state index is -4.25. The number of halogens is 4. The molecule has 0 heterocycles. The van der Waals surface area contributed by atoms with E-state index in [1.807, 2.05) is 0 Å². The monoisotopic (exact) mass is 376 g/mol. The molecular formula is C7H6As2BrF3. The molecule has 0 nitrogen and oxygen atoms in total. The molecule has 6 heteroatoms. The summed E-state index contributed by atoms with van der Waals surface area (Å²) < 4.78 is 39.0. The van der Waals surface area contributed by atoms with Gasteiger partial charge in [0, 0.05) is 0 Å². The van der Waals surface area contributed by atoms with Crippen molar-refractivity contribution in [3.8, 4) is 0 Å². The van der Waals surface area contributed by atoms with Gasteiger partial charge in [0.05, 0.1) is 0 Å². The molecule has 0 amide bonds. The first kappa shape index (κ1) is 11.7. The fourth-order valence-electron chi connectivity index (χ4n) is 0.803. The Morgan fingerprint density at radius 1 is 1.15 bits per heavy atom. The summed E-state index contributed by atoms with van der Waals surface area (Å²) in [6.45, 7) is 0. The topological polar surface area (TPSA) is 0 Å². The summed E-state index contributed by atoms with van der Waals surface area (Å²) in [6, 6.07) is 2.32. The molecule has 0 N–H and O–H groups in total. The minimum absolute atomic E-state index is 0.543. The number of alkyl halides is 3. The van der Waals surface area contributed by atoms with E-state index in [0.717, 1.165) is 14.8 Å². The first-order valence-corrected chi connectivity index (χ1v) is 6.45. The van der Waals surface area contributed by atoms with Crippen LogP contribution in [0.15, 0.2) is 16.6 Å². The summed E-state index contributed by atoms with van der Waals surface area (Å²) in [5.74, 6) is 0. The molecule has 0 fully saturated rings. The summed E-state index contributed by atoms with van der Waals surface area (Å²) >= 11 is 5.66. The first-order chi connectivity index (χ1) is 5.82. The molecule has 1 aromatic carbocycles. The van der Waals surface area contributed by atoms with Crippen molar-refractivity contribution in [3.63, 3.8) is 0 Å². The zero-order chi connectivity index (χ0) is 10.2. The van der Waals surface area contributed by atoms with Crippen molar-refractivity contribution >= 4 is 58.3 Å². The molecule has 0 aliphatic heterocycles. The Morgan fingerprint density at radius 3 is 2.08 bits per heavy atom. The number of rotatable bonds is 0. The molecule has 1 rings (SSSR count). The molecule has 2 unspecified atom stereocenters. The SMILES string of the molecule is FC(F)(F)c1cc([AsH2])c([AsH2])c(Br)c1. The van der Waals surface area contributed by atoms with Crippen molar-refractivity contribution < 1.29 is 13.2 Å². The molecule has 0 radical (unpaired) electrons. The van der Waals surface area contributed by atoms with E-state index in [9.17, 15) is 13.2 Å². The van der Waals surface area contributed by atoms with Crippen molar-refractivity contribution in [1.29, 1.82) is 0 Å². The van der Waals surface area contributed by atoms with Crippen LogP contribution in [0.25, 0.3) is 0 Å². The number of hydrogen-bond donors (Lipinski definition) is 0. The third-order valence-corrected chi connectivity index (χ3v) is 6.85. The van der Waals surface area contributed by atoms with Gasteiger partial charge in [0.1, 0.15) is 0 Å². The predicted octanol–water partition coefficient (Wildman–Crippen LogP) is -0.0153. The number of benzene rings is 1. The molecule has 0 aliphatic carbocycles. The Morgan fingerprint density at radius 2 is 1.69 bits per heavy atom. The molecule has 0 spiro atoms. The van der Waals surface area contributed by atoms with E-state index in [2.05, 4.69) is 15.9 Å². The van der Waals surface area contributed by atoms with E-state index < -0.39 is 11.7 Å². The van der Waals surface area contributed by atoms with Gasteiger partial charge in [-0.05, 0) is 0 Å². The van der Waals surface area contributed by atoms with Gasteiger partial charge >= 0.3 is 99.9 Å². The normalized spacial score (nSPS) is 11.8. The van der Waals surface area contributed by atoms with E-state index >= 15 is 0 Å². The second-order valence-corrected chi connectivity index (χ2v) is 5.83. The van der Waals surface area contributed by atoms with E-state index in [1.165, 1.54) is 39.8 Å². The van der Waals surface area contributed by atoms with Crippen LogP contribution in [0.4, 0.5) is 13.2 Å². The molecule has 72 valence electrons. The molecule has 2 atom stereocenters. The molecule has 0 aromatic heterocycles. The molecule has 1 aromatic rings. The predicted molar refractivity (Wildman–Crippen MR) is 55.5 cm³/mol. The van der Waals surface area contributed by atoms with E-state index in [4.69, 9.17) is 0 Å². The molecule has 0 bridgehead atoms. The van der Waals surface area contributed by atoms with Gasteiger partial charge in [-0.15, -0.1) is 0 Å². The fourth-order valence-corrected chi connectivity index (χ4v) is 2.77. The van der Waals surface area contributed by atoms with Crippen molar-refractivity contribution in [3.05, 3.63) is 22.2 Å². The van der Waals surface area contributed by atoms with Crippen molar-refractivity contribution in [1.82, 2.24) is 0 Å². The van der Waals surface area contributed by atoms with E-state index in [0.29, 0.717) is 4.47 Å². The zero-order valence-corrected chi connectivity index (χ0v) is 12.8. The molecule has 0 saturated carbocycles. The fraction of sp³-hybridized carbons (Fsp3) is 0.143. The van der Waals surface area contributed by atoms with E-state index in [-0.39, 0.29) is 0 Å². The quantitative estimate of drug-likeness (QED) is 0.559. The van der Waals surface area contributed by atoms with Gasteiger partial charge in [-0.1, -0.05) is 0 Å². The van der Waals surface area contributed by atoms with Gasteiger partial charge in [0.25, 0.3) is 0 Å². The van der Waals surface area contributed by atoms with Gasteiger partial charge in [-0.25, -0.2) is 0 Å². The first-order valence-electron chi connectivity index (χ1n) is 3.24. The summed E-state index contributed by atoms with van der Waals surface area (Å²) in [6.07, 6.45) is -4.25. The second-order valence-electron chi connectivity index (χ2n) is 2.46. The standard InChI is InChI=1S/C7H6As2BrF3/c8-4-1-3(7(11,12)13)2-5(10)6(4)9/h1-2H,8-9H2. The molecular weight excluding hydrogens is 371 g/mol. The van der Waals surface area contributed by atoms with Gasteiger partial charge < -0.3 is 0 Å². The van der Waals surface area contributed by atoms with Crippen LogP contribution in [-0.4, -0.2) is 33.7 Å². The molecule has 0 saturated heterocycles. The number of hydrogen-bond acceptors (Lipinski definition) is 0. The van der Waals surface area contributed by atoms with Crippen LogP contribution in [0.3, 0.4) is 0 Å². The van der Waals surface area contributed by atoms with Crippen LogP contribution >= 0.6 is 15.9 Å². The van der Waals surface area contributed by atoms with Crippen molar-refractivity contribution in [2.24, 2.45) is 0 Å². The van der Waals surface area contributed by atoms with Gasteiger partial charge in [-0.2, -0.15) is 0 Å². The van der Waals surface area contributed by atoms with Gasteiger partial charge in [0.2, 0.25) is 0 Å². The van der Waals surface area contributed by atoms with Crippen LogP contribution in [-0.2, 0) is 6.18 Å². The second kappa shape index (κ2) is 4.00. The van der Waals surface area contributed by atoms with E-state index in [1.54, 1.807) is 0 Å². The maximum atomic E-state index is 12.3. The average Bonchev–Trinajstić information content (AvgIpc) is 1.97. The Balaban J connectivity index is 3.29. The Labute approximate surface area is 99.4 Å². The summed E-state index contributed by atoms with van der Waals surface area (Å²) in [5.41, 5.74) is -0.583. The Hall–Kier alpha value is 0.607. The average molecular weight is 377 g/mol. The van der Waals surface area contributed by atoms with Crippen molar-refractivity contribution in [2.45, 2.75) is 6.18 Å². The van der Waals surface area contributed by atoms with Gasteiger partial charge in [0.15, 0.2) is 0 Å². The van der Waals surface area contributed by atoms with Crippen LogP contribution < -0.4 is 8.70 Å². The van der Waals surface area contributed by atoms with Crippen LogP contribution in [0.2, 0.25) is 0 Å². The third kappa shape index (κ3) is 2.78. The summed E-state index contributed by atoms with van der Waals surface area (Å²) in [5, 5.41) is 0. The van der Waals surface area contributed by atoms with Crippen LogP contribution in [0, 0.1) is 0 Å². The Kier molecular flexibility index (Phi) is 3.59. The third-order valence-electron chi connectivity index (χ3n) is 1.49. The van der Waals surface area contributed by atoms with Crippen LogP contribution in [0.1, 0.15) is 5.56 Å². The molecule has 13 heavy (non-hydrogen) atoms. The summed E-state index contributed by atoms with van der Waals surface area (Å²) in [4.78, 5) is 0. The van der Waals surface area contributed by atoms with Crippen molar-refractivity contribution in [2.75, 3.05) is 0 Å². The summed E-state index contributed by atoms with van der Waals surface area (Å²) in [7, 11) is 0. The molecule has 0 aliphatic rings. The maximum absolute atomic E-state index is 12.3. The van der Waals surface area contributed by atoms with Gasteiger partial charge in [-0.3, -0.25) is 0 Å².